The maximum absolute atomic E-state index is 11.5. The van der Waals surface area contributed by atoms with Gasteiger partial charge >= 0.3 is 0 Å². The van der Waals surface area contributed by atoms with Crippen molar-refractivity contribution in [2.75, 3.05) is 18.8 Å². The predicted octanol–water partition coefficient (Wildman–Crippen LogP) is 2.17. The van der Waals surface area contributed by atoms with Crippen molar-refractivity contribution in [3.05, 3.63) is 0 Å². The Morgan fingerprint density at radius 3 is 2.71 bits per heavy atom. The summed E-state index contributed by atoms with van der Waals surface area (Å²) >= 11 is 1.83. The molecule has 2 N–H and O–H groups in total. The predicted molar refractivity (Wildman–Crippen MR) is 75.5 cm³/mol. The Morgan fingerprint density at radius 2 is 2.00 bits per heavy atom. The van der Waals surface area contributed by atoms with E-state index in [2.05, 4.69) is 24.5 Å². The Bertz CT molecular complexity index is 223. The summed E-state index contributed by atoms with van der Waals surface area (Å²) in [6.07, 6.45) is 6.03. The lowest BCUT2D eigenvalue weighted by Gasteiger charge is -2.20. The molecule has 1 fully saturated rings. The first-order chi connectivity index (χ1) is 8.27. The third kappa shape index (κ3) is 5.77. The van der Waals surface area contributed by atoms with Crippen LogP contribution in [-0.4, -0.2) is 36.0 Å². The Morgan fingerprint density at radius 1 is 1.24 bits per heavy atom. The normalized spacial score (nSPS) is 23.9. The fourth-order valence-corrected chi connectivity index (χ4v) is 3.45. The van der Waals surface area contributed by atoms with Gasteiger partial charge < -0.3 is 10.6 Å². The molecule has 17 heavy (non-hydrogen) atoms. The highest BCUT2D eigenvalue weighted by molar-refractivity contribution is 8.00. The van der Waals surface area contributed by atoms with Crippen LogP contribution in [0.3, 0.4) is 0 Å². The molecule has 0 aliphatic heterocycles. The molecule has 1 rings (SSSR count). The molecule has 0 saturated heterocycles. The van der Waals surface area contributed by atoms with Gasteiger partial charge in [-0.2, -0.15) is 0 Å². The van der Waals surface area contributed by atoms with Crippen molar-refractivity contribution >= 4 is 17.7 Å². The van der Waals surface area contributed by atoms with E-state index in [1.165, 1.54) is 25.7 Å². The van der Waals surface area contributed by atoms with Gasteiger partial charge in [-0.15, -0.1) is 11.8 Å². The maximum Gasteiger partial charge on any atom is 0.230 e. The first kappa shape index (κ1) is 14.8. The van der Waals surface area contributed by atoms with E-state index in [4.69, 9.17) is 0 Å². The van der Waals surface area contributed by atoms with Crippen LogP contribution in [0.1, 0.15) is 46.0 Å². The highest BCUT2D eigenvalue weighted by atomic mass is 32.2. The molecule has 0 aromatic carbocycles. The van der Waals surface area contributed by atoms with Gasteiger partial charge in [-0.25, -0.2) is 0 Å². The lowest BCUT2D eigenvalue weighted by Crippen LogP contribution is -2.35. The van der Waals surface area contributed by atoms with Crippen molar-refractivity contribution < 1.29 is 4.79 Å². The van der Waals surface area contributed by atoms with Gasteiger partial charge in [0.05, 0.1) is 5.75 Å². The lowest BCUT2D eigenvalue weighted by molar-refractivity contribution is -0.118. The summed E-state index contributed by atoms with van der Waals surface area (Å²) < 4.78 is 0. The highest BCUT2D eigenvalue weighted by Gasteiger charge is 2.27. The molecule has 1 aliphatic carbocycles. The molecule has 0 bridgehead atoms. The average Bonchev–Trinajstić information content (AvgIpc) is 2.78. The molecular weight excluding hydrogens is 232 g/mol. The number of hydrogen-bond acceptors (Lipinski definition) is 3. The standard InChI is InChI=1S/C13H26N2OS/c1-3-8-14-11-6-5-7-12(11)17-10-13(16)15-9-4-2/h11-12,14H,3-10H2,1-2H3,(H,15,16). The lowest BCUT2D eigenvalue weighted by atomic mass is 10.2. The third-order valence-corrected chi connectivity index (χ3v) is 4.53. The summed E-state index contributed by atoms with van der Waals surface area (Å²) in [6.45, 7) is 6.18. The Balaban J connectivity index is 2.18. The van der Waals surface area contributed by atoms with E-state index >= 15 is 0 Å². The molecule has 2 unspecified atom stereocenters. The van der Waals surface area contributed by atoms with E-state index in [1.807, 2.05) is 11.8 Å². The fourth-order valence-electron chi connectivity index (χ4n) is 2.19. The van der Waals surface area contributed by atoms with Crippen LogP contribution in [0.25, 0.3) is 0 Å². The minimum Gasteiger partial charge on any atom is -0.355 e. The van der Waals surface area contributed by atoms with Crippen LogP contribution in [0.15, 0.2) is 0 Å². The summed E-state index contributed by atoms with van der Waals surface area (Å²) in [6, 6.07) is 0.624. The monoisotopic (exact) mass is 258 g/mol. The molecule has 1 amide bonds. The first-order valence-corrected chi connectivity index (χ1v) is 7.94. The van der Waals surface area contributed by atoms with E-state index in [0.717, 1.165) is 19.5 Å². The molecule has 0 spiro atoms. The second-order valence-electron chi connectivity index (χ2n) is 4.69. The Kier molecular flexibility index (Phi) is 7.69. The van der Waals surface area contributed by atoms with Gasteiger partial charge in [0.25, 0.3) is 0 Å². The molecule has 0 radical (unpaired) electrons. The van der Waals surface area contributed by atoms with Gasteiger partial charge in [-0.05, 0) is 32.2 Å². The number of carbonyl (C=O) groups is 1. The minimum absolute atomic E-state index is 0.193. The average molecular weight is 258 g/mol. The molecule has 4 heteroatoms. The van der Waals surface area contributed by atoms with Crippen molar-refractivity contribution in [1.82, 2.24) is 10.6 Å². The summed E-state index contributed by atoms with van der Waals surface area (Å²) in [4.78, 5) is 11.5. The second-order valence-corrected chi connectivity index (χ2v) is 5.92. The van der Waals surface area contributed by atoms with Crippen LogP contribution in [0.5, 0.6) is 0 Å². The number of thioether (sulfide) groups is 1. The van der Waals surface area contributed by atoms with Gasteiger partial charge in [0, 0.05) is 17.8 Å². The molecule has 1 saturated carbocycles. The maximum atomic E-state index is 11.5. The van der Waals surface area contributed by atoms with Crippen molar-refractivity contribution in [1.29, 1.82) is 0 Å². The molecule has 2 atom stereocenters. The molecule has 3 nitrogen and oxygen atoms in total. The van der Waals surface area contributed by atoms with Crippen LogP contribution >= 0.6 is 11.8 Å². The van der Waals surface area contributed by atoms with E-state index in [0.29, 0.717) is 17.0 Å². The fraction of sp³-hybridized carbons (Fsp3) is 0.923. The quantitative estimate of drug-likeness (QED) is 0.701. The van der Waals surface area contributed by atoms with E-state index < -0.39 is 0 Å². The van der Waals surface area contributed by atoms with Gasteiger partial charge in [0.1, 0.15) is 0 Å². The minimum atomic E-state index is 0.193. The van der Waals surface area contributed by atoms with Crippen LogP contribution in [0, 0.1) is 0 Å². The molecule has 0 aromatic heterocycles. The highest BCUT2D eigenvalue weighted by Crippen LogP contribution is 2.29. The largest absolute Gasteiger partial charge is 0.355 e. The summed E-state index contributed by atoms with van der Waals surface area (Å²) in [7, 11) is 0. The van der Waals surface area contributed by atoms with Gasteiger partial charge in [-0.1, -0.05) is 20.3 Å². The van der Waals surface area contributed by atoms with Crippen LogP contribution < -0.4 is 10.6 Å². The smallest absolute Gasteiger partial charge is 0.230 e. The summed E-state index contributed by atoms with van der Waals surface area (Å²) in [5, 5.41) is 7.16. The van der Waals surface area contributed by atoms with E-state index in [1.54, 1.807) is 0 Å². The third-order valence-electron chi connectivity index (χ3n) is 3.11. The van der Waals surface area contributed by atoms with Crippen LogP contribution in [0.4, 0.5) is 0 Å². The van der Waals surface area contributed by atoms with Crippen molar-refractivity contribution in [2.24, 2.45) is 0 Å². The molecule has 0 heterocycles. The zero-order chi connectivity index (χ0) is 12.5. The number of hydrogen-bond donors (Lipinski definition) is 2. The van der Waals surface area contributed by atoms with Gasteiger partial charge in [-0.3, -0.25) is 4.79 Å². The molecule has 0 aromatic rings. The second kappa shape index (κ2) is 8.81. The Labute approximate surface area is 109 Å². The number of carbonyl (C=O) groups excluding carboxylic acids is 1. The zero-order valence-electron chi connectivity index (χ0n) is 11.1. The molecular formula is C13H26N2OS. The summed E-state index contributed by atoms with van der Waals surface area (Å²) in [5.74, 6) is 0.813. The van der Waals surface area contributed by atoms with Gasteiger partial charge in [0.15, 0.2) is 0 Å². The van der Waals surface area contributed by atoms with Crippen molar-refractivity contribution in [3.8, 4) is 0 Å². The topological polar surface area (TPSA) is 41.1 Å². The van der Waals surface area contributed by atoms with Crippen molar-refractivity contribution in [3.63, 3.8) is 0 Å². The molecule has 100 valence electrons. The zero-order valence-corrected chi connectivity index (χ0v) is 11.9. The SMILES string of the molecule is CCCNC(=O)CSC1CCCC1NCCC. The van der Waals surface area contributed by atoms with E-state index in [9.17, 15) is 4.79 Å². The van der Waals surface area contributed by atoms with Crippen LogP contribution in [-0.2, 0) is 4.79 Å². The van der Waals surface area contributed by atoms with Crippen LogP contribution in [0.2, 0.25) is 0 Å². The van der Waals surface area contributed by atoms with Gasteiger partial charge in [0.2, 0.25) is 5.91 Å². The number of rotatable bonds is 8. The first-order valence-electron chi connectivity index (χ1n) is 6.89. The van der Waals surface area contributed by atoms with E-state index in [-0.39, 0.29) is 5.91 Å². The Hall–Kier alpha value is -0.220. The number of amides is 1. The van der Waals surface area contributed by atoms with Crippen molar-refractivity contribution in [2.45, 2.75) is 57.2 Å². The molecule has 1 aliphatic rings. The number of nitrogens with one attached hydrogen (secondary N) is 2. The summed E-state index contributed by atoms with van der Waals surface area (Å²) in [5.41, 5.74) is 0.